The van der Waals surface area contributed by atoms with E-state index in [0.29, 0.717) is 17.0 Å². The highest BCUT2D eigenvalue weighted by atomic mass is 32.2. The number of halogens is 1. The number of ether oxygens (including phenoxy) is 1. The molecule has 5 rings (SSSR count). The molecule has 0 spiro atoms. The molecule has 0 saturated carbocycles. The molecule has 0 atom stereocenters. The molecule has 2 aromatic heterocycles. The second-order valence-electron chi connectivity index (χ2n) is 7.45. The lowest BCUT2D eigenvalue weighted by Crippen LogP contribution is -2.23. The first-order valence-electron chi connectivity index (χ1n) is 10.4. The van der Waals surface area contributed by atoms with Crippen molar-refractivity contribution >= 4 is 45.3 Å². The van der Waals surface area contributed by atoms with E-state index in [1.807, 2.05) is 24.3 Å². The summed E-state index contributed by atoms with van der Waals surface area (Å²) in [6, 6.07) is 20.4. The van der Waals surface area contributed by atoms with Crippen molar-refractivity contribution in [2.45, 2.75) is 5.16 Å². The molecule has 2 N–H and O–H groups in total. The Hall–Kier alpha value is -4.11. The summed E-state index contributed by atoms with van der Waals surface area (Å²) in [6.07, 6.45) is 0. The molecule has 0 unspecified atom stereocenters. The Morgan fingerprint density at radius 1 is 1.12 bits per heavy atom. The van der Waals surface area contributed by atoms with Crippen LogP contribution in [0, 0.1) is 5.82 Å². The fourth-order valence-electron chi connectivity index (χ4n) is 3.71. The van der Waals surface area contributed by atoms with Crippen molar-refractivity contribution in [2.24, 2.45) is 0 Å². The number of hydrogen-bond donors (Lipinski definition) is 2. The number of aromatic amines is 1. The Bertz CT molecular complexity index is 1590. The minimum absolute atomic E-state index is 0.0357. The number of para-hydroxylation sites is 2. The smallest absolute Gasteiger partial charge is 0.283 e. The molecular weight excluding hydrogens is 455 g/mol. The summed E-state index contributed by atoms with van der Waals surface area (Å²) in [5.41, 5.74) is 1.70. The Morgan fingerprint density at radius 2 is 1.91 bits per heavy atom. The van der Waals surface area contributed by atoms with Gasteiger partial charge < -0.3 is 15.0 Å². The lowest BCUT2D eigenvalue weighted by molar-refractivity contribution is -0.113. The van der Waals surface area contributed by atoms with E-state index in [-0.39, 0.29) is 28.0 Å². The van der Waals surface area contributed by atoms with E-state index >= 15 is 0 Å². The Labute approximate surface area is 197 Å². The van der Waals surface area contributed by atoms with Gasteiger partial charge in [-0.05, 0) is 30.3 Å². The number of amides is 1. The molecule has 0 aliphatic rings. The Balaban J connectivity index is 1.55. The highest BCUT2D eigenvalue weighted by Gasteiger charge is 2.19. The third kappa shape index (κ3) is 4.01. The molecule has 3 aromatic carbocycles. The number of carbonyl (C=O) groups excluding carboxylic acids is 1. The molecule has 0 bridgehead atoms. The lowest BCUT2D eigenvalue weighted by atomic mass is 10.2. The standard InChI is InChI=1S/C25H19FN4O3S/c1-33-16-8-6-7-15(13-16)27-21(31)14-34-25-29-22-17-9-2-4-11-19(17)28-23(22)24(32)30(25)20-12-5-3-10-18(20)26/h2-13,28H,14H2,1H3,(H,27,31). The van der Waals surface area contributed by atoms with Gasteiger partial charge in [-0.1, -0.05) is 48.2 Å². The second-order valence-corrected chi connectivity index (χ2v) is 8.39. The van der Waals surface area contributed by atoms with Gasteiger partial charge in [0.2, 0.25) is 5.91 Å². The number of aromatic nitrogens is 3. The maximum absolute atomic E-state index is 14.7. The van der Waals surface area contributed by atoms with Crippen LogP contribution in [0.4, 0.5) is 10.1 Å². The highest BCUT2D eigenvalue weighted by Crippen LogP contribution is 2.27. The van der Waals surface area contributed by atoms with Crippen molar-refractivity contribution < 1.29 is 13.9 Å². The number of rotatable bonds is 6. The van der Waals surface area contributed by atoms with Gasteiger partial charge in [-0.15, -0.1) is 0 Å². The average molecular weight is 475 g/mol. The van der Waals surface area contributed by atoms with Gasteiger partial charge in [-0.3, -0.25) is 14.2 Å². The molecular formula is C25H19FN4O3S. The molecule has 0 radical (unpaired) electrons. The zero-order valence-electron chi connectivity index (χ0n) is 18.0. The van der Waals surface area contributed by atoms with Gasteiger partial charge in [-0.25, -0.2) is 9.37 Å². The topological polar surface area (TPSA) is 89.0 Å². The summed E-state index contributed by atoms with van der Waals surface area (Å²) in [5.74, 6) is -0.284. The van der Waals surface area contributed by atoms with Crippen LogP contribution in [0.3, 0.4) is 0 Å². The van der Waals surface area contributed by atoms with Crippen LogP contribution in [-0.2, 0) is 4.79 Å². The van der Waals surface area contributed by atoms with E-state index in [4.69, 9.17) is 4.74 Å². The average Bonchev–Trinajstić information content (AvgIpc) is 3.23. The molecule has 9 heteroatoms. The van der Waals surface area contributed by atoms with Crippen molar-refractivity contribution in [1.82, 2.24) is 14.5 Å². The first kappa shape index (κ1) is 21.7. The van der Waals surface area contributed by atoms with Crippen molar-refractivity contribution in [3.63, 3.8) is 0 Å². The van der Waals surface area contributed by atoms with Gasteiger partial charge in [0.15, 0.2) is 5.16 Å². The van der Waals surface area contributed by atoms with Crippen LogP contribution in [0.5, 0.6) is 5.75 Å². The third-order valence-corrected chi connectivity index (χ3v) is 6.21. The van der Waals surface area contributed by atoms with Crippen LogP contribution < -0.4 is 15.6 Å². The van der Waals surface area contributed by atoms with Crippen LogP contribution in [-0.4, -0.2) is 33.3 Å². The molecule has 0 fully saturated rings. The largest absolute Gasteiger partial charge is 0.497 e. The number of nitrogens with zero attached hydrogens (tertiary/aromatic N) is 2. The SMILES string of the molecule is COc1cccc(NC(=O)CSc2nc3c([nH]c4ccccc43)c(=O)n2-c2ccccc2F)c1. The van der Waals surface area contributed by atoms with E-state index < -0.39 is 11.4 Å². The third-order valence-electron chi connectivity index (χ3n) is 5.27. The van der Waals surface area contributed by atoms with Crippen molar-refractivity contribution in [3.8, 4) is 11.4 Å². The highest BCUT2D eigenvalue weighted by molar-refractivity contribution is 7.99. The fourth-order valence-corrected chi connectivity index (χ4v) is 4.51. The Kier molecular flexibility index (Phi) is 5.77. The zero-order chi connectivity index (χ0) is 23.7. The van der Waals surface area contributed by atoms with Crippen LogP contribution in [0.1, 0.15) is 0 Å². The predicted octanol–water partition coefficient (Wildman–Crippen LogP) is 4.75. The maximum Gasteiger partial charge on any atom is 0.283 e. The van der Waals surface area contributed by atoms with E-state index in [1.54, 1.807) is 43.5 Å². The first-order valence-corrected chi connectivity index (χ1v) is 11.4. The van der Waals surface area contributed by atoms with Gasteiger partial charge >= 0.3 is 0 Å². The zero-order valence-corrected chi connectivity index (χ0v) is 18.9. The van der Waals surface area contributed by atoms with Gasteiger partial charge in [0, 0.05) is 22.7 Å². The van der Waals surface area contributed by atoms with Gasteiger partial charge in [0.25, 0.3) is 5.56 Å². The molecule has 0 saturated heterocycles. The van der Waals surface area contributed by atoms with Crippen molar-refractivity contribution in [2.75, 3.05) is 18.2 Å². The lowest BCUT2D eigenvalue weighted by Gasteiger charge is -2.13. The quantitative estimate of drug-likeness (QED) is 0.274. The van der Waals surface area contributed by atoms with E-state index in [9.17, 15) is 14.0 Å². The van der Waals surface area contributed by atoms with Gasteiger partial charge in [0.1, 0.15) is 22.6 Å². The minimum atomic E-state index is -0.565. The molecule has 2 heterocycles. The van der Waals surface area contributed by atoms with E-state index in [2.05, 4.69) is 15.3 Å². The summed E-state index contributed by atoms with van der Waals surface area (Å²) in [7, 11) is 1.55. The number of benzene rings is 3. The summed E-state index contributed by atoms with van der Waals surface area (Å²) >= 11 is 1.06. The van der Waals surface area contributed by atoms with Gasteiger partial charge in [0.05, 0.1) is 18.6 Å². The first-order chi connectivity index (χ1) is 16.5. The minimum Gasteiger partial charge on any atom is -0.497 e. The number of thioether (sulfide) groups is 1. The predicted molar refractivity (Wildman–Crippen MR) is 132 cm³/mol. The maximum atomic E-state index is 14.7. The summed E-state index contributed by atoms with van der Waals surface area (Å²) < 4.78 is 21.1. The van der Waals surface area contributed by atoms with Gasteiger partial charge in [-0.2, -0.15) is 0 Å². The normalized spacial score (nSPS) is 11.1. The van der Waals surface area contributed by atoms with Crippen molar-refractivity contribution in [1.29, 1.82) is 0 Å². The number of fused-ring (bicyclic) bond motifs is 3. The van der Waals surface area contributed by atoms with E-state index in [1.165, 1.54) is 16.7 Å². The summed E-state index contributed by atoms with van der Waals surface area (Å²) in [5, 5.41) is 3.79. The van der Waals surface area contributed by atoms with E-state index in [0.717, 1.165) is 22.7 Å². The molecule has 1 amide bonds. The van der Waals surface area contributed by atoms with Crippen LogP contribution in [0.2, 0.25) is 0 Å². The summed E-state index contributed by atoms with van der Waals surface area (Å²) in [6.45, 7) is 0. The molecule has 7 nitrogen and oxygen atoms in total. The summed E-state index contributed by atoms with van der Waals surface area (Å²) in [4.78, 5) is 33.9. The molecule has 34 heavy (non-hydrogen) atoms. The number of anilines is 1. The Morgan fingerprint density at radius 3 is 2.74 bits per heavy atom. The van der Waals surface area contributed by atoms with Crippen LogP contribution in [0.25, 0.3) is 27.6 Å². The molecule has 0 aliphatic carbocycles. The molecule has 170 valence electrons. The number of nitrogens with one attached hydrogen (secondary N) is 2. The molecule has 0 aliphatic heterocycles. The number of H-pyrrole nitrogens is 1. The monoisotopic (exact) mass is 474 g/mol. The molecule has 5 aromatic rings. The van der Waals surface area contributed by atoms with Crippen LogP contribution >= 0.6 is 11.8 Å². The fraction of sp³-hybridized carbons (Fsp3) is 0.0800. The number of carbonyl (C=O) groups is 1. The number of methoxy groups -OCH3 is 1. The van der Waals surface area contributed by atoms with Crippen LogP contribution in [0.15, 0.2) is 82.7 Å². The number of hydrogen-bond acceptors (Lipinski definition) is 5. The second kappa shape index (κ2) is 9.03. The van der Waals surface area contributed by atoms with Crippen molar-refractivity contribution in [3.05, 3.63) is 89.0 Å².